The van der Waals surface area contributed by atoms with Crippen LogP contribution in [0.4, 0.5) is 0 Å². The number of halogens is 1. The molecule has 5 nitrogen and oxygen atoms in total. The van der Waals surface area contributed by atoms with Gasteiger partial charge in [-0.3, -0.25) is 14.5 Å². The number of unbranched alkanes of at least 4 members (excludes halogenated alkanes) is 1. The predicted octanol–water partition coefficient (Wildman–Crippen LogP) is 0.713. The minimum atomic E-state index is -0.225. The van der Waals surface area contributed by atoms with Gasteiger partial charge in [0.25, 0.3) is 0 Å². The lowest BCUT2D eigenvalue weighted by atomic mass is 10.2. The second-order valence-corrected chi connectivity index (χ2v) is 4.76. The second-order valence-electron chi connectivity index (χ2n) is 4.38. The summed E-state index contributed by atoms with van der Waals surface area (Å²) < 4.78 is 4.62. The van der Waals surface area contributed by atoms with Crippen LogP contribution in [0, 0.1) is 0 Å². The van der Waals surface area contributed by atoms with Gasteiger partial charge in [-0.05, 0) is 12.8 Å². The van der Waals surface area contributed by atoms with Crippen molar-refractivity contribution in [3.63, 3.8) is 0 Å². The van der Waals surface area contributed by atoms with E-state index in [0.29, 0.717) is 31.9 Å². The summed E-state index contributed by atoms with van der Waals surface area (Å²) >= 11 is 5.58. The molecule has 1 saturated heterocycles. The fourth-order valence-corrected chi connectivity index (χ4v) is 2.12. The zero-order chi connectivity index (χ0) is 13.4. The first kappa shape index (κ1) is 15.2. The van der Waals surface area contributed by atoms with Gasteiger partial charge in [-0.1, -0.05) is 0 Å². The SMILES string of the molecule is COC(=O)CN1CCN(C(=O)CCCCCl)CC1. The molecule has 1 rings (SSSR count). The minimum absolute atomic E-state index is 0.192. The molecule has 0 bridgehead atoms. The molecule has 0 radical (unpaired) electrons. The Balaban J connectivity index is 2.22. The van der Waals surface area contributed by atoms with E-state index >= 15 is 0 Å². The zero-order valence-electron chi connectivity index (χ0n) is 10.9. The van der Waals surface area contributed by atoms with E-state index in [4.69, 9.17) is 11.6 Å². The van der Waals surface area contributed by atoms with Crippen molar-refractivity contribution in [2.45, 2.75) is 19.3 Å². The first-order chi connectivity index (χ1) is 8.67. The Morgan fingerprint density at radius 3 is 2.39 bits per heavy atom. The highest BCUT2D eigenvalue weighted by atomic mass is 35.5. The summed E-state index contributed by atoms with van der Waals surface area (Å²) in [6.45, 7) is 3.16. The lowest BCUT2D eigenvalue weighted by Gasteiger charge is -2.34. The lowest BCUT2D eigenvalue weighted by molar-refractivity contribution is -0.142. The molecule has 1 amide bonds. The van der Waals surface area contributed by atoms with Crippen LogP contribution in [0.1, 0.15) is 19.3 Å². The van der Waals surface area contributed by atoms with Crippen LogP contribution < -0.4 is 0 Å². The molecular formula is C12H21ClN2O3. The van der Waals surface area contributed by atoms with E-state index in [-0.39, 0.29) is 11.9 Å². The summed E-state index contributed by atoms with van der Waals surface area (Å²) in [5.41, 5.74) is 0. The molecule has 1 fully saturated rings. The Hall–Kier alpha value is -0.810. The van der Waals surface area contributed by atoms with Crippen LogP contribution in [0.2, 0.25) is 0 Å². The van der Waals surface area contributed by atoms with Gasteiger partial charge in [-0.25, -0.2) is 0 Å². The van der Waals surface area contributed by atoms with Crippen LogP contribution in [0.3, 0.4) is 0 Å². The predicted molar refractivity (Wildman–Crippen MR) is 69.6 cm³/mol. The van der Waals surface area contributed by atoms with Gasteiger partial charge >= 0.3 is 5.97 Å². The van der Waals surface area contributed by atoms with Crippen molar-refractivity contribution < 1.29 is 14.3 Å². The Morgan fingerprint density at radius 1 is 1.17 bits per heavy atom. The van der Waals surface area contributed by atoms with Gasteiger partial charge in [0, 0.05) is 38.5 Å². The molecule has 0 saturated carbocycles. The van der Waals surface area contributed by atoms with E-state index < -0.39 is 0 Å². The van der Waals surface area contributed by atoms with Gasteiger partial charge in [-0.2, -0.15) is 0 Å². The lowest BCUT2D eigenvalue weighted by Crippen LogP contribution is -2.50. The third-order valence-corrected chi connectivity index (χ3v) is 3.35. The Kier molecular flexibility index (Phi) is 7.05. The van der Waals surface area contributed by atoms with E-state index in [9.17, 15) is 9.59 Å². The van der Waals surface area contributed by atoms with Gasteiger partial charge in [0.1, 0.15) is 0 Å². The van der Waals surface area contributed by atoms with Gasteiger partial charge in [0.05, 0.1) is 13.7 Å². The van der Waals surface area contributed by atoms with Crippen molar-refractivity contribution in [3.05, 3.63) is 0 Å². The standard InChI is InChI=1S/C12H21ClN2O3/c1-18-12(17)10-14-6-8-15(9-7-14)11(16)4-2-3-5-13/h2-10H2,1H3. The van der Waals surface area contributed by atoms with Crippen molar-refractivity contribution in [2.75, 3.05) is 45.7 Å². The highest BCUT2D eigenvalue weighted by Gasteiger charge is 2.21. The van der Waals surface area contributed by atoms with E-state index in [1.807, 2.05) is 9.80 Å². The zero-order valence-corrected chi connectivity index (χ0v) is 11.6. The average Bonchev–Trinajstić information content (AvgIpc) is 2.39. The maximum absolute atomic E-state index is 11.8. The number of hydrogen-bond acceptors (Lipinski definition) is 4. The maximum atomic E-state index is 11.8. The minimum Gasteiger partial charge on any atom is -0.468 e. The number of amides is 1. The van der Waals surface area contributed by atoms with Crippen LogP contribution in [-0.2, 0) is 14.3 Å². The van der Waals surface area contributed by atoms with Crippen LogP contribution in [0.15, 0.2) is 0 Å². The number of ether oxygens (including phenoxy) is 1. The smallest absolute Gasteiger partial charge is 0.319 e. The third-order valence-electron chi connectivity index (χ3n) is 3.08. The number of carbonyl (C=O) groups excluding carboxylic acids is 2. The molecule has 0 N–H and O–H groups in total. The molecule has 1 aliphatic heterocycles. The fraction of sp³-hybridized carbons (Fsp3) is 0.833. The van der Waals surface area contributed by atoms with Crippen molar-refractivity contribution in [1.82, 2.24) is 9.80 Å². The normalized spacial score (nSPS) is 16.7. The largest absolute Gasteiger partial charge is 0.468 e. The molecule has 0 aromatic heterocycles. The molecule has 6 heteroatoms. The van der Waals surface area contributed by atoms with Crippen molar-refractivity contribution >= 4 is 23.5 Å². The summed E-state index contributed by atoms with van der Waals surface area (Å²) in [5.74, 6) is 0.579. The topological polar surface area (TPSA) is 49.9 Å². The maximum Gasteiger partial charge on any atom is 0.319 e. The summed E-state index contributed by atoms with van der Waals surface area (Å²) in [4.78, 5) is 26.8. The molecule has 0 spiro atoms. The highest BCUT2D eigenvalue weighted by molar-refractivity contribution is 6.17. The first-order valence-corrected chi connectivity index (χ1v) is 6.83. The molecule has 0 aromatic rings. The van der Waals surface area contributed by atoms with Crippen LogP contribution in [-0.4, -0.2) is 67.4 Å². The number of nitrogens with zero attached hydrogens (tertiary/aromatic N) is 2. The molecule has 104 valence electrons. The van der Waals surface area contributed by atoms with Gasteiger partial charge in [0.2, 0.25) is 5.91 Å². The quantitative estimate of drug-likeness (QED) is 0.407. The Morgan fingerprint density at radius 2 is 1.83 bits per heavy atom. The van der Waals surface area contributed by atoms with E-state index in [2.05, 4.69) is 4.74 Å². The average molecular weight is 277 g/mol. The van der Waals surface area contributed by atoms with Gasteiger partial charge in [0.15, 0.2) is 0 Å². The summed E-state index contributed by atoms with van der Waals surface area (Å²) in [5, 5.41) is 0. The van der Waals surface area contributed by atoms with Crippen LogP contribution in [0.5, 0.6) is 0 Å². The Bertz CT molecular complexity index is 278. The van der Waals surface area contributed by atoms with Crippen LogP contribution in [0.25, 0.3) is 0 Å². The number of rotatable bonds is 6. The molecule has 0 unspecified atom stereocenters. The summed E-state index contributed by atoms with van der Waals surface area (Å²) in [6.07, 6.45) is 2.31. The fourth-order valence-electron chi connectivity index (χ4n) is 1.93. The van der Waals surface area contributed by atoms with Gasteiger partial charge in [-0.15, -0.1) is 11.6 Å². The summed E-state index contributed by atoms with van der Waals surface area (Å²) in [7, 11) is 1.39. The Labute approximate surface area is 113 Å². The second kappa shape index (κ2) is 8.32. The first-order valence-electron chi connectivity index (χ1n) is 6.30. The van der Waals surface area contributed by atoms with E-state index in [1.165, 1.54) is 7.11 Å². The number of piperazine rings is 1. The number of alkyl halides is 1. The number of hydrogen-bond donors (Lipinski definition) is 0. The molecule has 0 aromatic carbocycles. The molecule has 0 aliphatic carbocycles. The van der Waals surface area contributed by atoms with Crippen molar-refractivity contribution in [2.24, 2.45) is 0 Å². The monoisotopic (exact) mass is 276 g/mol. The van der Waals surface area contributed by atoms with Gasteiger partial charge < -0.3 is 9.64 Å². The number of methoxy groups -OCH3 is 1. The van der Waals surface area contributed by atoms with E-state index in [1.54, 1.807) is 0 Å². The third kappa shape index (κ3) is 5.23. The number of carbonyl (C=O) groups is 2. The molecule has 18 heavy (non-hydrogen) atoms. The molecule has 1 aliphatic rings. The molecule has 0 atom stereocenters. The van der Waals surface area contributed by atoms with Crippen molar-refractivity contribution in [3.8, 4) is 0 Å². The number of esters is 1. The van der Waals surface area contributed by atoms with Crippen LogP contribution >= 0.6 is 11.6 Å². The molecular weight excluding hydrogens is 256 g/mol. The molecule has 1 heterocycles. The summed E-state index contributed by atoms with van der Waals surface area (Å²) in [6, 6.07) is 0. The highest BCUT2D eigenvalue weighted by Crippen LogP contribution is 2.06. The van der Waals surface area contributed by atoms with Crippen molar-refractivity contribution in [1.29, 1.82) is 0 Å². The van der Waals surface area contributed by atoms with E-state index in [0.717, 1.165) is 25.9 Å².